The topological polar surface area (TPSA) is 80.2 Å². The average molecular weight is 378 g/mol. The highest BCUT2D eigenvalue weighted by Crippen LogP contribution is 2.35. The maximum absolute atomic E-state index is 14.6. The Bertz CT molecular complexity index is 1070. The minimum absolute atomic E-state index is 0.0984. The van der Waals surface area contributed by atoms with Crippen molar-refractivity contribution >= 4 is 10.8 Å². The Hall–Kier alpha value is -3.06. The van der Waals surface area contributed by atoms with Gasteiger partial charge in [0.1, 0.15) is 11.9 Å². The number of pyridine rings is 1. The van der Waals surface area contributed by atoms with E-state index in [2.05, 4.69) is 20.3 Å². The van der Waals surface area contributed by atoms with Gasteiger partial charge in [-0.25, -0.2) is 14.4 Å². The molecule has 0 radical (unpaired) electrons. The first-order valence-corrected chi connectivity index (χ1v) is 9.18. The summed E-state index contributed by atoms with van der Waals surface area (Å²) in [5.41, 5.74) is 0.828. The molecule has 0 spiro atoms. The molecule has 28 heavy (non-hydrogen) atoms. The molecule has 0 amide bonds. The molecule has 2 bridgehead atoms. The van der Waals surface area contributed by atoms with Gasteiger partial charge in [0, 0.05) is 35.3 Å². The molecule has 4 heterocycles. The van der Waals surface area contributed by atoms with E-state index in [9.17, 15) is 9.50 Å². The number of piperidine rings is 1. The molecule has 3 aromatic rings. The maximum atomic E-state index is 14.6. The Balaban J connectivity index is 1.39. The van der Waals surface area contributed by atoms with E-state index in [1.807, 2.05) is 31.2 Å². The summed E-state index contributed by atoms with van der Waals surface area (Å²) >= 11 is 0. The lowest BCUT2D eigenvalue weighted by molar-refractivity contribution is 0.0298. The monoisotopic (exact) mass is 378 g/mol. The average Bonchev–Trinajstić information content (AvgIpc) is 3.04. The number of halogens is 1. The highest BCUT2D eigenvalue weighted by molar-refractivity contribution is 5.89. The zero-order valence-electron chi connectivity index (χ0n) is 15.2. The van der Waals surface area contributed by atoms with Crippen LogP contribution in [0.2, 0.25) is 0 Å². The van der Waals surface area contributed by atoms with Crippen LogP contribution in [0.25, 0.3) is 22.0 Å². The minimum atomic E-state index is -1.15. The number of rotatable bonds is 3. The molecule has 1 unspecified atom stereocenters. The van der Waals surface area contributed by atoms with Crippen molar-refractivity contribution in [2.75, 3.05) is 0 Å². The van der Waals surface area contributed by atoms with Crippen molar-refractivity contribution < 1.29 is 14.2 Å². The number of phenols is 1. The van der Waals surface area contributed by atoms with Gasteiger partial charge in [-0.15, -0.1) is 0 Å². The molecule has 142 valence electrons. The summed E-state index contributed by atoms with van der Waals surface area (Å²) in [5, 5.41) is 15.4. The first kappa shape index (κ1) is 17.1. The summed E-state index contributed by atoms with van der Waals surface area (Å²) in [7, 11) is 0. The lowest BCUT2D eigenvalue weighted by atomic mass is 9.90. The molecule has 7 heteroatoms. The fraction of sp³-hybridized carbons (Fsp3) is 0.286. The normalized spacial score (nSPS) is 28.6. The van der Waals surface area contributed by atoms with Gasteiger partial charge in [0.25, 0.3) is 0 Å². The fourth-order valence-electron chi connectivity index (χ4n) is 3.97. The third-order valence-electron chi connectivity index (χ3n) is 5.42. The number of hydrogen-bond donors (Lipinski definition) is 2. The van der Waals surface area contributed by atoms with E-state index >= 15 is 0 Å². The van der Waals surface area contributed by atoms with Crippen LogP contribution >= 0.6 is 0 Å². The van der Waals surface area contributed by atoms with Crippen LogP contribution in [0.1, 0.15) is 13.3 Å². The van der Waals surface area contributed by atoms with Crippen LogP contribution < -0.4 is 10.1 Å². The molecule has 0 saturated carbocycles. The highest BCUT2D eigenvalue weighted by Gasteiger charge is 2.46. The van der Waals surface area contributed by atoms with E-state index in [-0.39, 0.29) is 23.2 Å². The Morgan fingerprint density at radius 1 is 1.21 bits per heavy atom. The van der Waals surface area contributed by atoms with E-state index < -0.39 is 12.3 Å². The number of alkyl halides is 1. The molecule has 2 N–H and O–H groups in total. The van der Waals surface area contributed by atoms with Crippen LogP contribution in [0, 0.1) is 0 Å². The number of ether oxygens (including phenoxy) is 1. The van der Waals surface area contributed by atoms with E-state index in [1.54, 1.807) is 18.5 Å². The van der Waals surface area contributed by atoms with Gasteiger partial charge in [0.2, 0.25) is 5.88 Å². The van der Waals surface area contributed by atoms with Crippen LogP contribution in [0.15, 0.2) is 55.1 Å². The number of nitrogens with one attached hydrogen (secondary N) is 1. The van der Waals surface area contributed by atoms with Crippen molar-refractivity contribution in [3.63, 3.8) is 0 Å². The second-order valence-corrected chi connectivity index (χ2v) is 7.58. The quantitative estimate of drug-likeness (QED) is 0.682. The summed E-state index contributed by atoms with van der Waals surface area (Å²) < 4.78 is 20.4. The standard InChI is InChI=1S/C21H19FN4O2/c1-21-4-2-15(26-21)20(22)18(8-21)28-19-11-24-16(10-25-19)14-6-12-3-5-23-9-13(12)7-17(14)27/h2-7,9-11,15,18,20,26-27H,8H2,1H3/t15?,18-,20-,21-/m0/s1. The molecule has 6 nitrogen and oxygen atoms in total. The SMILES string of the molecule is C[C@@]12C=CC(N1)[C@H](F)[C@@H](Oc1cnc(-c3cc4ccncc4cc3O)cn1)C2. The lowest BCUT2D eigenvalue weighted by Crippen LogP contribution is -2.57. The van der Waals surface area contributed by atoms with Crippen LogP contribution in [-0.4, -0.2) is 43.9 Å². The molecular weight excluding hydrogens is 359 g/mol. The van der Waals surface area contributed by atoms with Crippen molar-refractivity contribution in [3.05, 3.63) is 55.1 Å². The van der Waals surface area contributed by atoms with Gasteiger partial charge in [0.05, 0.1) is 24.1 Å². The summed E-state index contributed by atoms with van der Waals surface area (Å²) in [5.74, 6) is 0.368. The predicted octanol–water partition coefficient (Wildman–Crippen LogP) is 3.17. The summed E-state index contributed by atoms with van der Waals surface area (Å²) in [6.45, 7) is 2.03. The van der Waals surface area contributed by atoms with Gasteiger partial charge in [-0.05, 0) is 30.5 Å². The van der Waals surface area contributed by atoms with E-state index in [1.165, 1.54) is 12.4 Å². The molecule has 1 fully saturated rings. The molecule has 1 aromatic carbocycles. The second-order valence-electron chi connectivity index (χ2n) is 7.58. The lowest BCUT2D eigenvalue weighted by Gasteiger charge is -2.38. The van der Waals surface area contributed by atoms with Crippen molar-refractivity contribution in [1.82, 2.24) is 20.3 Å². The fourth-order valence-corrected chi connectivity index (χ4v) is 3.97. The van der Waals surface area contributed by atoms with Gasteiger partial charge in [-0.2, -0.15) is 0 Å². The van der Waals surface area contributed by atoms with Crippen molar-refractivity contribution in [2.45, 2.75) is 37.2 Å². The largest absolute Gasteiger partial charge is 0.507 e. The second kappa shape index (κ2) is 6.24. The number of hydrogen-bond acceptors (Lipinski definition) is 6. The Kier molecular flexibility index (Phi) is 3.80. The molecule has 2 aromatic heterocycles. The van der Waals surface area contributed by atoms with E-state index in [4.69, 9.17) is 4.74 Å². The predicted molar refractivity (Wildman–Crippen MR) is 103 cm³/mol. The smallest absolute Gasteiger partial charge is 0.232 e. The molecule has 2 aliphatic rings. The first-order chi connectivity index (χ1) is 13.5. The number of benzene rings is 1. The van der Waals surface area contributed by atoms with Gasteiger partial charge in [-0.3, -0.25) is 10.3 Å². The maximum Gasteiger partial charge on any atom is 0.232 e. The van der Waals surface area contributed by atoms with Gasteiger partial charge in [-0.1, -0.05) is 12.2 Å². The molecular formula is C21H19FN4O2. The highest BCUT2D eigenvalue weighted by atomic mass is 19.1. The van der Waals surface area contributed by atoms with Crippen LogP contribution in [-0.2, 0) is 0 Å². The number of fused-ring (bicyclic) bond motifs is 3. The number of aromatic hydroxyl groups is 1. The Morgan fingerprint density at radius 2 is 2.11 bits per heavy atom. The third-order valence-corrected chi connectivity index (χ3v) is 5.42. The summed E-state index contributed by atoms with van der Waals surface area (Å²) in [4.78, 5) is 12.7. The van der Waals surface area contributed by atoms with Crippen LogP contribution in [0.3, 0.4) is 0 Å². The van der Waals surface area contributed by atoms with E-state index in [0.717, 1.165) is 10.8 Å². The molecule has 2 aliphatic heterocycles. The van der Waals surface area contributed by atoms with Gasteiger partial charge in [0.15, 0.2) is 6.17 Å². The number of phenolic OH excluding ortho intramolecular Hbond substituents is 1. The van der Waals surface area contributed by atoms with Gasteiger partial charge >= 0.3 is 0 Å². The van der Waals surface area contributed by atoms with Crippen molar-refractivity contribution in [3.8, 4) is 22.9 Å². The van der Waals surface area contributed by atoms with E-state index in [0.29, 0.717) is 17.7 Å². The Labute approximate surface area is 161 Å². The number of aromatic nitrogens is 3. The molecule has 4 atom stereocenters. The van der Waals surface area contributed by atoms with Crippen molar-refractivity contribution in [1.29, 1.82) is 0 Å². The van der Waals surface area contributed by atoms with Crippen molar-refractivity contribution in [2.24, 2.45) is 0 Å². The zero-order valence-corrected chi connectivity index (χ0v) is 15.2. The summed E-state index contributed by atoms with van der Waals surface area (Å²) in [6, 6.07) is 5.02. The Morgan fingerprint density at radius 3 is 2.93 bits per heavy atom. The van der Waals surface area contributed by atoms with Crippen LogP contribution in [0.4, 0.5) is 4.39 Å². The molecule has 0 aliphatic carbocycles. The summed E-state index contributed by atoms with van der Waals surface area (Å²) in [6.07, 6.45) is 9.03. The molecule has 1 saturated heterocycles. The first-order valence-electron chi connectivity index (χ1n) is 9.18. The number of nitrogens with zero attached hydrogens (tertiary/aromatic N) is 3. The zero-order chi connectivity index (χ0) is 19.3. The third kappa shape index (κ3) is 2.88. The molecule has 5 rings (SSSR count). The minimum Gasteiger partial charge on any atom is -0.507 e. The van der Waals surface area contributed by atoms with Crippen LogP contribution in [0.5, 0.6) is 11.6 Å². The van der Waals surface area contributed by atoms with Gasteiger partial charge < -0.3 is 9.84 Å².